The van der Waals surface area contributed by atoms with Crippen molar-refractivity contribution in [1.29, 1.82) is 0 Å². The summed E-state index contributed by atoms with van der Waals surface area (Å²) < 4.78 is 37.3. The summed E-state index contributed by atoms with van der Waals surface area (Å²) in [4.78, 5) is 37.8. The number of para-hydroxylation sites is 3. The van der Waals surface area contributed by atoms with Gasteiger partial charge in [0.1, 0.15) is 23.1 Å². The van der Waals surface area contributed by atoms with Gasteiger partial charge in [0.25, 0.3) is 5.91 Å². The van der Waals surface area contributed by atoms with Crippen LogP contribution in [0.15, 0.2) is 42.5 Å². The monoisotopic (exact) mass is 404 g/mol. The summed E-state index contributed by atoms with van der Waals surface area (Å²) in [6.07, 6.45) is -0.0829. The third kappa shape index (κ3) is 4.50. The average Bonchev–Trinajstić information content (AvgIpc) is 3.10. The Bertz CT molecular complexity index is 930. The van der Waals surface area contributed by atoms with Gasteiger partial charge in [-0.15, -0.1) is 0 Å². The van der Waals surface area contributed by atoms with Crippen LogP contribution in [0.4, 0.5) is 20.2 Å². The first kappa shape index (κ1) is 20.2. The highest BCUT2D eigenvalue weighted by Crippen LogP contribution is 2.33. The SMILES string of the molecule is COc1ccccc1N1C[C@@H](C(=O)OCC(=O)Nc2c(F)cccc2F)CC1=O. The van der Waals surface area contributed by atoms with E-state index in [0.717, 1.165) is 18.2 Å². The molecular weight excluding hydrogens is 386 g/mol. The van der Waals surface area contributed by atoms with Crippen molar-refractivity contribution in [1.82, 2.24) is 0 Å². The maximum atomic E-state index is 13.5. The highest BCUT2D eigenvalue weighted by Gasteiger charge is 2.37. The third-order valence-corrected chi connectivity index (χ3v) is 4.41. The number of anilines is 2. The number of nitrogens with zero attached hydrogens (tertiary/aromatic N) is 1. The van der Waals surface area contributed by atoms with E-state index in [-0.39, 0.29) is 18.9 Å². The molecule has 1 aliphatic rings. The molecule has 152 valence electrons. The first-order valence-electron chi connectivity index (χ1n) is 8.74. The number of nitrogens with one attached hydrogen (secondary N) is 1. The van der Waals surface area contributed by atoms with Crippen molar-refractivity contribution in [2.24, 2.45) is 5.92 Å². The summed E-state index contributed by atoms with van der Waals surface area (Å²) >= 11 is 0. The molecule has 2 aromatic rings. The average molecular weight is 404 g/mol. The molecule has 1 saturated heterocycles. The van der Waals surface area contributed by atoms with Crippen LogP contribution in [0.25, 0.3) is 0 Å². The van der Waals surface area contributed by atoms with Crippen LogP contribution in [0.5, 0.6) is 5.75 Å². The summed E-state index contributed by atoms with van der Waals surface area (Å²) in [5.74, 6) is -4.11. The van der Waals surface area contributed by atoms with Crippen molar-refractivity contribution in [2.45, 2.75) is 6.42 Å². The normalized spacial score (nSPS) is 15.9. The maximum Gasteiger partial charge on any atom is 0.311 e. The first-order valence-corrected chi connectivity index (χ1v) is 8.74. The van der Waals surface area contributed by atoms with E-state index in [9.17, 15) is 23.2 Å². The van der Waals surface area contributed by atoms with Gasteiger partial charge in [-0.3, -0.25) is 14.4 Å². The predicted molar refractivity (Wildman–Crippen MR) is 99.4 cm³/mol. The smallest absolute Gasteiger partial charge is 0.311 e. The number of ether oxygens (including phenoxy) is 2. The van der Waals surface area contributed by atoms with Crippen LogP contribution in [0, 0.1) is 17.6 Å². The fraction of sp³-hybridized carbons (Fsp3) is 0.250. The number of esters is 1. The first-order chi connectivity index (χ1) is 13.9. The summed E-state index contributed by atoms with van der Waals surface area (Å²) in [5, 5.41) is 2.02. The van der Waals surface area contributed by atoms with Crippen LogP contribution in [0.2, 0.25) is 0 Å². The lowest BCUT2D eigenvalue weighted by Gasteiger charge is -2.19. The Balaban J connectivity index is 1.58. The lowest BCUT2D eigenvalue weighted by Crippen LogP contribution is -2.28. The number of rotatable bonds is 6. The highest BCUT2D eigenvalue weighted by molar-refractivity contribution is 6.01. The van der Waals surface area contributed by atoms with E-state index in [1.54, 1.807) is 24.3 Å². The number of methoxy groups -OCH3 is 1. The zero-order valence-electron chi connectivity index (χ0n) is 15.5. The van der Waals surface area contributed by atoms with Crippen LogP contribution in [-0.2, 0) is 19.1 Å². The molecule has 1 heterocycles. The molecule has 0 radical (unpaired) electrons. The van der Waals surface area contributed by atoms with E-state index in [4.69, 9.17) is 9.47 Å². The number of halogens is 2. The minimum atomic E-state index is -0.946. The predicted octanol–water partition coefficient (Wildman–Crippen LogP) is 2.51. The molecule has 0 spiro atoms. The van der Waals surface area contributed by atoms with Crippen molar-refractivity contribution >= 4 is 29.2 Å². The molecule has 2 aromatic carbocycles. The molecule has 1 atom stereocenters. The van der Waals surface area contributed by atoms with Crippen molar-refractivity contribution in [3.05, 3.63) is 54.1 Å². The summed E-state index contributed by atoms with van der Waals surface area (Å²) in [5.41, 5.74) is -0.0880. The number of hydrogen-bond donors (Lipinski definition) is 1. The lowest BCUT2D eigenvalue weighted by atomic mass is 10.1. The molecule has 1 N–H and O–H groups in total. The quantitative estimate of drug-likeness (QED) is 0.748. The second-order valence-electron chi connectivity index (χ2n) is 6.33. The molecule has 1 fully saturated rings. The van der Waals surface area contributed by atoms with Gasteiger partial charge in [-0.25, -0.2) is 8.78 Å². The van der Waals surface area contributed by atoms with Crippen molar-refractivity contribution in [3.63, 3.8) is 0 Å². The van der Waals surface area contributed by atoms with Crippen molar-refractivity contribution in [3.8, 4) is 5.75 Å². The maximum absolute atomic E-state index is 13.5. The number of amides is 2. The second kappa shape index (κ2) is 8.68. The Morgan fingerprint density at radius 3 is 2.52 bits per heavy atom. The fourth-order valence-corrected chi connectivity index (χ4v) is 3.00. The molecule has 0 unspecified atom stereocenters. The largest absolute Gasteiger partial charge is 0.495 e. The minimum Gasteiger partial charge on any atom is -0.495 e. The van der Waals surface area contributed by atoms with E-state index in [1.165, 1.54) is 12.0 Å². The molecular formula is C20H18F2N2O5. The summed E-state index contributed by atoms with van der Waals surface area (Å²) in [7, 11) is 1.47. The van der Waals surface area contributed by atoms with E-state index >= 15 is 0 Å². The Morgan fingerprint density at radius 1 is 1.14 bits per heavy atom. The molecule has 9 heteroatoms. The number of benzene rings is 2. The molecule has 7 nitrogen and oxygen atoms in total. The Morgan fingerprint density at radius 2 is 1.83 bits per heavy atom. The minimum absolute atomic E-state index is 0.0710. The summed E-state index contributed by atoms with van der Waals surface area (Å²) in [6, 6.07) is 10.0. The molecule has 29 heavy (non-hydrogen) atoms. The van der Waals surface area contributed by atoms with E-state index in [0.29, 0.717) is 11.4 Å². The fourth-order valence-electron chi connectivity index (χ4n) is 3.00. The van der Waals surface area contributed by atoms with Crippen LogP contribution in [0.1, 0.15) is 6.42 Å². The molecule has 0 aliphatic carbocycles. The zero-order chi connectivity index (χ0) is 21.0. The van der Waals surface area contributed by atoms with Crippen molar-refractivity contribution in [2.75, 3.05) is 30.5 Å². The summed E-state index contributed by atoms with van der Waals surface area (Å²) in [6.45, 7) is -0.659. The van der Waals surface area contributed by atoms with Gasteiger partial charge in [-0.1, -0.05) is 18.2 Å². The van der Waals surface area contributed by atoms with Gasteiger partial charge in [0.05, 0.1) is 18.7 Å². The molecule has 0 saturated carbocycles. The molecule has 2 amide bonds. The van der Waals surface area contributed by atoms with Crippen LogP contribution >= 0.6 is 0 Å². The topological polar surface area (TPSA) is 84.9 Å². The van der Waals surface area contributed by atoms with Gasteiger partial charge < -0.3 is 19.7 Å². The number of carbonyl (C=O) groups is 3. The Hall–Kier alpha value is -3.49. The zero-order valence-corrected chi connectivity index (χ0v) is 15.5. The van der Waals surface area contributed by atoms with E-state index in [2.05, 4.69) is 0 Å². The van der Waals surface area contributed by atoms with Crippen LogP contribution < -0.4 is 15.0 Å². The van der Waals surface area contributed by atoms with Gasteiger partial charge in [-0.05, 0) is 24.3 Å². The number of hydrogen-bond acceptors (Lipinski definition) is 5. The van der Waals surface area contributed by atoms with Crippen LogP contribution in [-0.4, -0.2) is 38.0 Å². The van der Waals surface area contributed by atoms with Crippen molar-refractivity contribution < 1.29 is 32.6 Å². The molecule has 0 bridgehead atoms. The second-order valence-corrected chi connectivity index (χ2v) is 6.33. The van der Waals surface area contributed by atoms with Gasteiger partial charge in [0.15, 0.2) is 6.61 Å². The molecule has 3 rings (SSSR count). The third-order valence-electron chi connectivity index (χ3n) is 4.41. The van der Waals surface area contributed by atoms with Gasteiger partial charge in [0.2, 0.25) is 5.91 Å². The highest BCUT2D eigenvalue weighted by atomic mass is 19.1. The standard InChI is InChI=1S/C20H18F2N2O5/c1-28-16-8-3-2-7-15(16)24-10-12(9-18(24)26)20(27)29-11-17(25)23-19-13(21)5-4-6-14(19)22/h2-8,12H,9-11H2,1H3,(H,23,25)/t12-/m0/s1. The van der Waals surface area contributed by atoms with Gasteiger partial charge in [0, 0.05) is 13.0 Å². The number of carbonyl (C=O) groups excluding carboxylic acids is 3. The lowest BCUT2D eigenvalue weighted by molar-refractivity contribution is -0.151. The molecule has 0 aromatic heterocycles. The van der Waals surface area contributed by atoms with Gasteiger partial charge in [-0.2, -0.15) is 0 Å². The van der Waals surface area contributed by atoms with Gasteiger partial charge >= 0.3 is 5.97 Å². The Labute approximate surface area is 165 Å². The van der Waals surface area contributed by atoms with E-state index in [1.807, 2.05) is 5.32 Å². The van der Waals surface area contributed by atoms with E-state index < -0.39 is 41.7 Å². The Kier molecular flexibility index (Phi) is 6.06. The molecule has 1 aliphatic heterocycles. The van der Waals surface area contributed by atoms with Crippen LogP contribution in [0.3, 0.4) is 0 Å².